The smallest absolute Gasteiger partial charge is 0.252 e. The van der Waals surface area contributed by atoms with Crippen LogP contribution in [0.3, 0.4) is 0 Å². The van der Waals surface area contributed by atoms with E-state index < -0.39 is 9.84 Å². The summed E-state index contributed by atoms with van der Waals surface area (Å²) in [5.41, 5.74) is 1.38. The predicted molar refractivity (Wildman–Crippen MR) is 106 cm³/mol. The molecule has 0 saturated carbocycles. The van der Waals surface area contributed by atoms with Crippen LogP contribution in [0.2, 0.25) is 0 Å². The topological polar surface area (TPSA) is 66.5 Å². The Morgan fingerprint density at radius 3 is 2.33 bits per heavy atom. The van der Waals surface area contributed by atoms with Gasteiger partial charge in [0.15, 0.2) is 9.84 Å². The fraction of sp³-hybridized carbons (Fsp3) is 0.381. The second-order valence-corrected chi connectivity index (χ2v) is 9.03. The van der Waals surface area contributed by atoms with Gasteiger partial charge < -0.3 is 5.32 Å². The van der Waals surface area contributed by atoms with Crippen molar-refractivity contribution in [3.63, 3.8) is 0 Å². The van der Waals surface area contributed by atoms with Crippen molar-refractivity contribution in [2.45, 2.75) is 30.7 Å². The van der Waals surface area contributed by atoms with Crippen LogP contribution in [0.5, 0.6) is 0 Å². The summed E-state index contributed by atoms with van der Waals surface area (Å²) < 4.78 is 24.6. The van der Waals surface area contributed by atoms with Gasteiger partial charge in [-0.3, -0.25) is 9.69 Å². The Morgan fingerprint density at radius 1 is 1.04 bits per heavy atom. The van der Waals surface area contributed by atoms with Gasteiger partial charge in [0, 0.05) is 6.54 Å². The van der Waals surface area contributed by atoms with Gasteiger partial charge in [0.1, 0.15) is 0 Å². The minimum Gasteiger partial charge on any atom is -0.350 e. The summed E-state index contributed by atoms with van der Waals surface area (Å²) in [6.45, 7) is 4.05. The Hall–Kier alpha value is -2.18. The van der Waals surface area contributed by atoms with Crippen LogP contribution in [0, 0.1) is 0 Å². The van der Waals surface area contributed by atoms with Crippen molar-refractivity contribution >= 4 is 15.7 Å². The van der Waals surface area contributed by atoms with Crippen molar-refractivity contribution in [3.8, 4) is 0 Å². The standard InChI is InChI=1S/C21H26N2O3S/c1-2-27(25,26)20-13-7-6-12-18(20)21(24)22-16-19(23-14-8-9-15-23)17-10-4-3-5-11-17/h3-7,10-13,19H,2,8-9,14-16H2,1H3,(H,22,24). The molecule has 1 aliphatic rings. The van der Waals surface area contributed by atoms with E-state index in [-0.39, 0.29) is 28.2 Å². The number of rotatable bonds is 7. The lowest BCUT2D eigenvalue weighted by molar-refractivity contribution is 0.0934. The number of amides is 1. The van der Waals surface area contributed by atoms with E-state index in [0.717, 1.165) is 31.5 Å². The van der Waals surface area contributed by atoms with Crippen molar-refractivity contribution in [2.24, 2.45) is 0 Å². The molecule has 1 fully saturated rings. The minimum absolute atomic E-state index is 0.0300. The molecular weight excluding hydrogens is 360 g/mol. The molecule has 1 atom stereocenters. The normalized spacial score (nSPS) is 16.2. The van der Waals surface area contributed by atoms with E-state index in [4.69, 9.17) is 0 Å². The minimum atomic E-state index is -3.45. The second-order valence-electron chi connectivity index (χ2n) is 6.78. The molecular formula is C21H26N2O3S. The third kappa shape index (κ3) is 4.57. The molecule has 1 unspecified atom stereocenters. The predicted octanol–water partition coefficient (Wildman–Crippen LogP) is 3.05. The van der Waals surface area contributed by atoms with Crippen LogP contribution in [-0.4, -0.2) is 44.6 Å². The summed E-state index contributed by atoms with van der Waals surface area (Å²) in [4.78, 5) is 15.3. The molecule has 2 aromatic rings. The molecule has 5 nitrogen and oxygen atoms in total. The maximum absolute atomic E-state index is 12.8. The van der Waals surface area contributed by atoms with Gasteiger partial charge in [0.25, 0.3) is 5.91 Å². The Bertz CT molecular complexity index is 875. The quantitative estimate of drug-likeness (QED) is 0.794. The molecule has 6 heteroatoms. The fourth-order valence-corrected chi connectivity index (χ4v) is 4.64. The lowest BCUT2D eigenvalue weighted by Gasteiger charge is -2.28. The third-order valence-electron chi connectivity index (χ3n) is 5.07. The number of carbonyl (C=O) groups is 1. The maximum Gasteiger partial charge on any atom is 0.252 e. The first-order valence-electron chi connectivity index (χ1n) is 9.42. The fourth-order valence-electron chi connectivity index (χ4n) is 3.55. The maximum atomic E-state index is 12.8. The molecule has 1 N–H and O–H groups in total. The first-order valence-corrected chi connectivity index (χ1v) is 11.1. The van der Waals surface area contributed by atoms with Gasteiger partial charge in [0.2, 0.25) is 0 Å². The van der Waals surface area contributed by atoms with Gasteiger partial charge >= 0.3 is 0 Å². The van der Waals surface area contributed by atoms with Gasteiger partial charge in [-0.15, -0.1) is 0 Å². The number of sulfone groups is 1. The molecule has 27 heavy (non-hydrogen) atoms. The van der Waals surface area contributed by atoms with E-state index in [1.807, 2.05) is 18.2 Å². The molecule has 0 aliphatic carbocycles. The highest BCUT2D eigenvalue weighted by Gasteiger charge is 2.25. The van der Waals surface area contributed by atoms with Crippen molar-refractivity contribution in [3.05, 3.63) is 65.7 Å². The van der Waals surface area contributed by atoms with Crippen LogP contribution in [0.1, 0.15) is 41.7 Å². The summed E-state index contributed by atoms with van der Waals surface area (Å²) in [6, 6.07) is 16.6. The number of likely N-dealkylation sites (tertiary alicyclic amines) is 1. The zero-order valence-corrected chi connectivity index (χ0v) is 16.4. The van der Waals surface area contributed by atoms with Crippen molar-refractivity contribution in [2.75, 3.05) is 25.4 Å². The molecule has 1 heterocycles. The highest BCUT2D eigenvalue weighted by atomic mass is 32.2. The first kappa shape index (κ1) is 19.6. The molecule has 0 bridgehead atoms. The number of nitrogens with zero attached hydrogens (tertiary/aromatic N) is 1. The SMILES string of the molecule is CCS(=O)(=O)c1ccccc1C(=O)NCC(c1ccccc1)N1CCCC1. The van der Waals surface area contributed by atoms with E-state index in [1.165, 1.54) is 6.07 Å². The Balaban J connectivity index is 1.79. The Labute approximate surface area is 161 Å². The monoisotopic (exact) mass is 386 g/mol. The van der Waals surface area contributed by atoms with E-state index in [1.54, 1.807) is 25.1 Å². The first-order chi connectivity index (χ1) is 13.0. The average Bonchev–Trinajstić information content (AvgIpc) is 3.23. The molecule has 1 saturated heterocycles. The second kappa shape index (κ2) is 8.67. The number of benzene rings is 2. The summed E-state index contributed by atoms with van der Waals surface area (Å²) in [5.74, 6) is -0.375. The summed E-state index contributed by atoms with van der Waals surface area (Å²) in [7, 11) is -3.45. The molecule has 0 aromatic heterocycles. The van der Waals surface area contributed by atoms with Gasteiger partial charge in [-0.1, -0.05) is 49.4 Å². The lowest BCUT2D eigenvalue weighted by Crippen LogP contribution is -2.37. The van der Waals surface area contributed by atoms with Crippen LogP contribution in [0.15, 0.2) is 59.5 Å². The number of carbonyl (C=O) groups excluding carboxylic acids is 1. The number of hydrogen-bond donors (Lipinski definition) is 1. The van der Waals surface area contributed by atoms with E-state index in [9.17, 15) is 13.2 Å². The van der Waals surface area contributed by atoms with Crippen LogP contribution in [0.4, 0.5) is 0 Å². The molecule has 0 spiro atoms. The molecule has 1 aliphatic heterocycles. The van der Waals surface area contributed by atoms with Gasteiger partial charge in [0.05, 0.1) is 22.3 Å². The van der Waals surface area contributed by atoms with Gasteiger partial charge in [-0.2, -0.15) is 0 Å². The summed E-state index contributed by atoms with van der Waals surface area (Å²) in [5, 5.41) is 2.97. The van der Waals surface area contributed by atoms with E-state index in [0.29, 0.717) is 6.54 Å². The largest absolute Gasteiger partial charge is 0.350 e. The number of nitrogens with one attached hydrogen (secondary N) is 1. The molecule has 0 radical (unpaired) electrons. The average molecular weight is 387 g/mol. The summed E-state index contributed by atoms with van der Waals surface area (Å²) in [6.07, 6.45) is 2.32. The zero-order chi connectivity index (χ0) is 19.3. The van der Waals surface area contributed by atoms with Crippen molar-refractivity contribution in [1.82, 2.24) is 10.2 Å². The highest BCUT2D eigenvalue weighted by molar-refractivity contribution is 7.91. The van der Waals surface area contributed by atoms with Crippen LogP contribution >= 0.6 is 0 Å². The van der Waals surface area contributed by atoms with Gasteiger partial charge in [-0.05, 0) is 43.6 Å². The van der Waals surface area contributed by atoms with Crippen LogP contribution < -0.4 is 5.32 Å². The van der Waals surface area contributed by atoms with Crippen LogP contribution in [-0.2, 0) is 9.84 Å². The molecule has 1 amide bonds. The van der Waals surface area contributed by atoms with Crippen LogP contribution in [0.25, 0.3) is 0 Å². The van der Waals surface area contributed by atoms with E-state index in [2.05, 4.69) is 22.3 Å². The van der Waals surface area contributed by atoms with Gasteiger partial charge in [-0.25, -0.2) is 8.42 Å². The Morgan fingerprint density at radius 2 is 1.67 bits per heavy atom. The lowest BCUT2D eigenvalue weighted by atomic mass is 10.1. The molecule has 3 rings (SSSR count). The number of hydrogen-bond acceptors (Lipinski definition) is 4. The molecule has 2 aromatic carbocycles. The van der Waals surface area contributed by atoms with E-state index >= 15 is 0 Å². The third-order valence-corrected chi connectivity index (χ3v) is 6.85. The summed E-state index contributed by atoms with van der Waals surface area (Å²) >= 11 is 0. The van der Waals surface area contributed by atoms with Crippen molar-refractivity contribution in [1.29, 1.82) is 0 Å². The molecule has 144 valence electrons. The van der Waals surface area contributed by atoms with Crippen molar-refractivity contribution < 1.29 is 13.2 Å². The Kier molecular flexibility index (Phi) is 6.29. The highest BCUT2D eigenvalue weighted by Crippen LogP contribution is 2.25. The zero-order valence-electron chi connectivity index (χ0n) is 15.6.